The number of carboxylic acid groups (broad SMARTS) is 9. The average Bonchev–Trinajstić information content (AvgIpc) is 3.30. The second-order valence-electron chi connectivity index (χ2n) is 18.1. The summed E-state index contributed by atoms with van der Waals surface area (Å²) in [5.74, 6) is -11.2. The van der Waals surface area contributed by atoms with Crippen LogP contribution in [0.1, 0.15) is 50.5 Å². The lowest BCUT2D eigenvalue weighted by atomic mass is 10.0. The highest BCUT2D eigenvalue weighted by atomic mass is 32.1. The van der Waals surface area contributed by atoms with Gasteiger partial charge in [0.15, 0.2) is 5.11 Å². The monoisotopic (exact) mass is 1100 g/mol. The molecule has 1 aliphatic heterocycles. The molecule has 1 aromatic rings. The molecule has 1 aromatic carbocycles. The number of nitrogens with one attached hydrogen (secondary N) is 4. The van der Waals surface area contributed by atoms with Gasteiger partial charge in [0.25, 0.3) is 0 Å². The molecule has 3 atom stereocenters. The lowest BCUT2D eigenvalue weighted by Crippen LogP contribution is -2.52. The lowest BCUT2D eigenvalue weighted by molar-refractivity contribution is -0.144. The predicted molar refractivity (Wildman–Crippen MR) is 272 cm³/mol. The van der Waals surface area contributed by atoms with Gasteiger partial charge in [-0.25, -0.2) is 14.4 Å². The first-order valence-electron chi connectivity index (χ1n) is 24.4. The molecule has 29 nitrogen and oxygen atoms in total. The number of rotatable bonds is 35. The molecule has 2 amide bonds. The van der Waals surface area contributed by atoms with E-state index in [-0.39, 0.29) is 96.6 Å². The highest BCUT2D eigenvalue weighted by Gasteiger charge is 2.28. The molecule has 1 fully saturated rings. The summed E-state index contributed by atoms with van der Waals surface area (Å²) in [5, 5.41) is 96.1. The molecular formula is C46H72N10O19S. The maximum Gasteiger partial charge on any atom is 0.326 e. The van der Waals surface area contributed by atoms with E-state index in [1.165, 1.54) is 9.80 Å². The number of carbonyl (C=O) groups excluding carboxylic acids is 1. The number of carboxylic acids is 9. The standard InChI is InChI=1S/C46H72N10O19S/c57-36(58)12-11-35(44(73)74)50-45(75)49-34(43(71)72)6-1-2-13-47-46(76)48-32-9-7-31(8-10-32)4-3-5-33(56(29-41(67)68)30-42(69)70)24-52-19-21-53(25-37(59)60)17-14-51(15-18-54(22-20-52)26-38(61)62)16-23-55(27-39(63)64)28-40(65)66/h7-10,33-35H,1-6,11-30H2,(H,57,58)(H,59,60)(H,61,62)(H,63,64)(H,65,66)(H,67,68)(H,69,70)(H,71,72)(H,73,74)(H2,47,48,76)(H2,49,50,75). The first kappa shape index (κ1) is 65.3. The van der Waals surface area contributed by atoms with E-state index in [1.54, 1.807) is 21.9 Å². The van der Waals surface area contributed by atoms with Crippen molar-refractivity contribution < 1.29 is 93.9 Å². The Morgan fingerprint density at radius 3 is 1.47 bits per heavy atom. The number of nitrogens with zero attached hydrogens (tertiary/aromatic N) is 6. The van der Waals surface area contributed by atoms with E-state index in [9.17, 15) is 88.8 Å². The summed E-state index contributed by atoms with van der Waals surface area (Å²) in [6.45, 7) is -0.229. The van der Waals surface area contributed by atoms with Gasteiger partial charge in [-0.2, -0.15) is 0 Å². The van der Waals surface area contributed by atoms with Crippen molar-refractivity contribution >= 4 is 82.8 Å². The fraction of sp³-hybridized carbons (Fsp3) is 0.630. The Balaban J connectivity index is 2.11. The van der Waals surface area contributed by atoms with Crippen LogP contribution in [0.3, 0.4) is 0 Å². The van der Waals surface area contributed by atoms with Gasteiger partial charge in [0.1, 0.15) is 12.1 Å². The van der Waals surface area contributed by atoms with Crippen LogP contribution in [0.2, 0.25) is 0 Å². The van der Waals surface area contributed by atoms with E-state index < -0.39 is 117 Å². The summed E-state index contributed by atoms with van der Waals surface area (Å²) < 4.78 is 0. The number of urea groups is 1. The normalized spacial score (nSPS) is 15.5. The molecular weight excluding hydrogens is 1030 g/mol. The number of anilines is 1. The van der Waals surface area contributed by atoms with Crippen LogP contribution < -0.4 is 21.3 Å². The first-order chi connectivity index (χ1) is 35.9. The molecule has 0 spiro atoms. The van der Waals surface area contributed by atoms with Crippen molar-refractivity contribution in [2.45, 2.75) is 69.5 Å². The van der Waals surface area contributed by atoms with Crippen LogP contribution in [0.25, 0.3) is 0 Å². The van der Waals surface area contributed by atoms with E-state index >= 15 is 0 Å². The summed E-state index contributed by atoms with van der Waals surface area (Å²) in [5.41, 5.74) is 1.53. The molecule has 0 radical (unpaired) electrons. The van der Waals surface area contributed by atoms with Crippen LogP contribution in [-0.4, -0.2) is 276 Å². The fourth-order valence-electron chi connectivity index (χ4n) is 8.20. The smallest absolute Gasteiger partial charge is 0.326 e. The van der Waals surface area contributed by atoms with Gasteiger partial charge in [-0.15, -0.1) is 0 Å². The van der Waals surface area contributed by atoms with Crippen molar-refractivity contribution in [2.24, 2.45) is 0 Å². The molecule has 0 aromatic heterocycles. The van der Waals surface area contributed by atoms with Crippen LogP contribution >= 0.6 is 12.2 Å². The molecule has 30 heteroatoms. The lowest BCUT2D eigenvalue weighted by Gasteiger charge is -2.37. The Morgan fingerprint density at radius 2 is 1.01 bits per heavy atom. The second-order valence-corrected chi connectivity index (χ2v) is 18.5. The van der Waals surface area contributed by atoms with Gasteiger partial charge in [-0.05, 0) is 74.9 Å². The van der Waals surface area contributed by atoms with Crippen molar-refractivity contribution in [3.63, 3.8) is 0 Å². The Labute approximate surface area is 443 Å². The van der Waals surface area contributed by atoms with E-state index in [4.69, 9.17) is 17.3 Å². The number of carbonyl (C=O) groups is 10. The summed E-state index contributed by atoms with van der Waals surface area (Å²) in [7, 11) is 0. The van der Waals surface area contributed by atoms with Crippen LogP contribution in [0.5, 0.6) is 0 Å². The third-order valence-corrected chi connectivity index (χ3v) is 12.3. The molecule has 426 valence electrons. The maximum absolute atomic E-state index is 12.3. The van der Waals surface area contributed by atoms with Gasteiger partial charge >= 0.3 is 59.8 Å². The van der Waals surface area contributed by atoms with E-state index in [0.29, 0.717) is 44.3 Å². The summed E-state index contributed by atoms with van der Waals surface area (Å²) in [4.78, 5) is 127. The minimum Gasteiger partial charge on any atom is -0.481 e. The fourth-order valence-corrected chi connectivity index (χ4v) is 8.42. The SMILES string of the molecule is O=C(O)CCC(NC(=O)NC(CCCCNC(=S)Nc1ccc(CCCC(CN2CCN(CC(=O)O)CCN(CCN(CC(=O)O)CC(=O)O)CCN(CC(=O)O)CC2)N(CC(=O)O)CC(=O)O)cc1)C(=O)O)C(=O)O. The zero-order valence-corrected chi connectivity index (χ0v) is 42.9. The quantitative estimate of drug-likeness (QED) is 0.0264. The molecule has 1 saturated heterocycles. The highest BCUT2D eigenvalue weighted by Crippen LogP contribution is 2.17. The van der Waals surface area contributed by atoms with E-state index in [1.807, 2.05) is 21.9 Å². The number of hydrogen-bond acceptors (Lipinski definition) is 17. The summed E-state index contributed by atoms with van der Waals surface area (Å²) in [6.07, 6.45) is 1.17. The third kappa shape index (κ3) is 29.9. The van der Waals surface area contributed by atoms with Crippen molar-refractivity contribution in [2.75, 3.05) is 123 Å². The van der Waals surface area contributed by atoms with Crippen molar-refractivity contribution in [1.82, 2.24) is 45.3 Å². The molecule has 0 saturated carbocycles. The molecule has 1 heterocycles. The number of thiocarbonyl (C=S) groups is 1. The Hall–Kier alpha value is -6.83. The molecule has 0 aliphatic carbocycles. The van der Waals surface area contributed by atoms with Gasteiger partial charge < -0.3 is 67.2 Å². The number of aliphatic carboxylic acids is 9. The first-order valence-corrected chi connectivity index (χ1v) is 24.8. The highest BCUT2D eigenvalue weighted by molar-refractivity contribution is 7.80. The number of benzene rings is 1. The topological polar surface area (TPSA) is 420 Å². The van der Waals surface area contributed by atoms with Gasteiger partial charge in [0.2, 0.25) is 0 Å². The van der Waals surface area contributed by atoms with E-state index in [2.05, 4.69) is 21.3 Å². The maximum atomic E-state index is 12.3. The van der Waals surface area contributed by atoms with Crippen LogP contribution in [-0.2, 0) is 49.6 Å². The molecule has 0 bridgehead atoms. The number of aryl methyl sites for hydroxylation is 1. The van der Waals surface area contributed by atoms with Crippen LogP contribution in [0.15, 0.2) is 24.3 Å². The van der Waals surface area contributed by atoms with Gasteiger partial charge in [-0.3, -0.25) is 63.0 Å². The molecule has 3 unspecified atom stereocenters. The minimum absolute atomic E-state index is 0.00230. The van der Waals surface area contributed by atoms with Crippen molar-refractivity contribution in [1.29, 1.82) is 0 Å². The summed E-state index contributed by atoms with van der Waals surface area (Å²) >= 11 is 5.40. The zero-order chi connectivity index (χ0) is 56.7. The zero-order valence-electron chi connectivity index (χ0n) is 42.1. The van der Waals surface area contributed by atoms with Gasteiger partial charge in [0.05, 0.1) is 39.3 Å². The average molecular weight is 1100 g/mol. The Morgan fingerprint density at radius 1 is 0.539 bits per heavy atom. The Kier molecular flexibility index (Phi) is 30.4. The second kappa shape index (κ2) is 35.4. The number of unbranched alkanes of at least 4 members (excludes halogenated alkanes) is 1. The summed E-state index contributed by atoms with van der Waals surface area (Å²) in [6, 6.07) is 2.68. The van der Waals surface area contributed by atoms with Gasteiger partial charge in [-0.1, -0.05) is 12.1 Å². The Bertz CT molecular complexity index is 2040. The number of amides is 2. The van der Waals surface area contributed by atoms with Gasteiger partial charge in [0, 0.05) is 96.7 Å². The molecule has 76 heavy (non-hydrogen) atoms. The number of hydrogen-bond donors (Lipinski definition) is 13. The molecule has 13 N–H and O–H groups in total. The molecule has 1 aliphatic rings. The largest absolute Gasteiger partial charge is 0.481 e. The minimum atomic E-state index is -1.53. The van der Waals surface area contributed by atoms with Crippen LogP contribution in [0.4, 0.5) is 10.5 Å². The van der Waals surface area contributed by atoms with Crippen molar-refractivity contribution in [3.05, 3.63) is 29.8 Å². The van der Waals surface area contributed by atoms with Crippen molar-refractivity contribution in [3.8, 4) is 0 Å². The molecule has 2 rings (SSSR count). The third-order valence-electron chi connectivity index (χ3n) is 12.0. The van der Waals surface area contributed by atoms with E-state index in [0.717, 1.165) is 5.56 Å². The predicted octanol–water partition coefficient (Wildman–Crippen LogP) is -1.76. The van der Waals surface area contributed by atoms with Crippen LogP contribution in [0, 0.1) is 0 Å².